The summed E-state index contributed by atoms with van der Waals surface area (Å²) in [4.78, 5) is 28.2. The Morgan fingerprint density at radius 1 is 1.25 bits per heavy atom. The molecule has 122 valence electrons. The Bertz CT molecular complexity index is 1030. The first-order valence-electron chi connectivity index (χ1n) is 7.10. The molecule has 0 aliphatic rings. The second-order valence-electron chi connectivity index (χ2n) is 5.32. The zero-order chi connectivity index (χ0) is 17.4. The highest BCUT2D eigenvalue weighted by molar-refractivity contribution is 6.41. The van der Waals surface area contributed by atoms with Crippen molar-refractivity contribution < 1.29 is 4.79 Å². The first-order chi connectivity index (χ1) is 11.4. The molecule has 7 heteroatoms. The number of nitrogens with zero attached hydrogens (tertiary/aromatic N) is 2. The van der Waals surface area contributed by atoms with Gasteiger partial charge in [0.2, 0.25) is 5.91 Å². The van der Waals surface area contributed by atoms with Crippen LogP contribution >= 0.6 is 23.2 Å². The minimum atomic E-state index is -0.263. The Kier molecular flexibility index (Phi) is 4.30. The minimum Gasteiger partial charge on any atom is -0.325 e. The van der Waals surface area contributed by atoms with Crippen LogP contribution in [0, 0.1) is 0 Å². The van der Waals surface area contributed by atoms with Gasteiger partial charge in [-0.05, 0) is 24.3 Å². The van der Waals surface area contributed by atoms with Gasteiger partial charge in [-0.1, -0.05) is 23.2 Å². The fourth-order valence-corrected chi connectivity index (χ4v) is 3.21. The molecular weight excluding hydrogens is 349 g/mol. The van der Waals surface area contributed by atoms with Gasteiger partial charge in [0.05, 0.1) is 26.8 Å². The summed E-state index contributed by atoms with van der Waals surface area (Å²) >= 11 is 12.7. The molecule has 1 N–H and O–H groups in total. The van der Waals surface area contributed by atoms with Crippen LogP contribution in [0.15, 0.2) is 41.5 Å². The van der Waals surface area contributed by atoms with Crippen LogP contribution in [-0.4, -0.2) is 15.5 Å². The molecule has 3 aromatic rings. The van der Waals surface area contributed by atoms with E-state index in [2.05, 4.69) is 10.3 Å². The standard InChI is InChI=1S/C17H13Cl2N3O2/c1-9(23)21-13-4-3-12(18)15(16(13)19)11-7-10-8-20-6-5-14(10)22(2)17(11)24/h3-8H,1-2H3,(H,21,23). The Balaban J connectivity index is 2.34. The Labute approximate surface area is 147 Å². The van der Waals surface area contributed by atoms with Gasteiger partial charge in [-0.15, -0.1) is 0 Å². The van der Waals surface area contributed by atoms with Crippen molar-refractivity contribution in [2.24, 2.45) is 7.05 Å². The van der Waals surface area contributed by atoms with Gasteiger partial charge in [0.15, 0.2) is 0 Å². The highest BCUT2D eigenvalue weighted by atomic mass is 35.5. The molecule has 24 heavy (non-hydrogen) atoms. The lowest BCUT2D eigenvalue weighted by Crippen LogP contribution is -2.19. The van der Waals surface area contributed by atoms with Gasteiger partial charge in [0.1, 0.15) is 0 Å². The highest BCUT2D eigenvalue weighted by Gasteiger charge is 2.18. The molecule has 3 rings (SSSR count). The third kappa shape index (κ3) is 2.77. The van der Waals surface area contributed by atoms with Crippen molar-refractivity contribution in [1.82, 2.24) is 9.55 Å². The molecule has 0 saturated carbocycles. The van der Waals surface area contributed by atoms with Crippen molar-refractivity contribution in [1.29, 1.82) is 0 Å². The average molecular weight is 362 g/mol. The maximum Gasteiger partial charge on any atom is 0.258 e. The molecular formula is C17H13Cl2N3O2. The third-order valence-corrected chi connectivity index (χ3v) is 4.40. The lowest BCUT2D eigenvalue weighted by atomic mass is 10.0. The number of aryl methyl sites for hydroxylation is 1. The van der Waals surface area contributed by atoms with Crippen LogP contribution in [0.3, 0.4) is 0 Å². The fraction of sp³-hybridized carbons (Fsp3) is 0.118. The molecule has 0 aliphatic heterocycles. The zero-order valence-electron chi connectivity index (χ0n) is 12.9. The van der Waals surface area contributed by atoms with E-state index < -0.39 is 0 Å². The van der Waals surface area contributed by atoms with Crippen molar-refractivity contribution in [2.45, 2.75) is 6.92 Å². The van der Waals surface area contributed by atoms with Gasteiger partial charge in [-0.3, -0.25) is 14.6 Å². The van der Waals surface area contributed by atoms with E-state index in [1.807, 2.05) is 0 Å². The lowest BCUT2D eigenvalue weighted by Gasteiger charge is -2.14. The van der Waals surface area contributed by atoms with Crippen molar-refractivity contribution in [3.63, 3.8) is 0 Å². The van der Waals surface area contributed by atoms with Gasteiger partial charge in [-0.2, -0.15) is 0 Å². The summed E-state index contributed by atoms with van der Waals surface area (Å²) in [5.41, 5.74) is 1.65. The molecule has 0 bridgehead atoms. The number of hydrogen-bond acceptors (Lipinski definition) is 3. The second-order valence-corrected chi connectivity index (χ2v) is 6.11. The molecule has 1 aromatic carbocycles. The molecule has 0 radical (unpaired) electrons. The van der Waals surface area contributed by atoms with Gasteiger partial charge in [0.25, 0.3) is 5.56 Å². The maximum absolute atomic E-state index is 12.8. The van der Waals surface area contributed by atoms with Crippen molar-refractivity contribution in [2.75, 3.05) is 5.32 Å². The largest absolute Gasteiger partial charge is 0.325 e. The SMILES string of the molecule is CC(=O)Nc1ccc(Cl)c(-c2cc3cnccc3n(C)c2=O)c1Cl. The van der Waals surface area contributed by atoms with Crippen LogP contribution in [0.2, 0.25) is 10.0 Å². The first kappa shape index (κ1) is 16.5. The van der Waals surface area contributed by atoms with E-state index >= 15 is 0 Å². The van der Waals surface area contributed by atoms with Crippen molar-refractivity contribution in [3.05, 3.63) is 57.1 Å². The summed E-state index contributed by atoms with van der Waals surface area (Å²) in [7, 11) is 1.67. The van der Waals surface area contributed by atoms with Crippen LogP contribution in [0.25, 0.3) is 22.0 Å². The summed E-state index contributed by atoms with van der Waals surface area (Å²) < 4.78 is 1.52. The normalized spacial score (nSPS) is 10.8. The number of carbonyl (C=O) groups excluding carboxylic acids is 1. The predicted molar refractivity (Wildman–Crippen MR) is 96.7 cm³/mol. The fourth-order valence-electron chi connectivity index (χ4n) is 2.59. The number of amides is 1. The predicted octanol–water partition coefficient (Wildman–Crippen LogP) is 3.87. The molecule has 2 aromatic heterocycles. The summed E-state index contributed by atoms with van der Waals surface area (Å²) in [5.74, 6) is -0.263. The molecule has 0 aliphatic carbocycles. The molecule has 0 fully saturated rings. The van der Waals surface area contributed by atoms with E-state index in [0.29, 0.717) is 21.8 Å². The number of fused-ring (bicyclic) bond motifs is 1. The molecule has 0 atom stereocenters. The number of rotatable bonds is 2. The van der Waals surface area contributed by atoms with Gasteiger partial charge in [0, 0.05) is 37.3 Å². The van der Waals surface area contributed by atoms with E-state index in [4.69, 9.17) is 23.2 Å². The zero-order valence-corrected chi connectivity index (χ0v) is 14.4. The molecule has 2 heterocycles. The molecule has 0 spiro atoms. The van der Waals surface area contributed by atoms with Crippen LogP contribution in [0.5, 0.6) is 0 Å². The number of aromatic nitrogens is 2. The number of hydrogen-bond donors (Lipinski definition) is 1. The molecule has 0 saturated heterocycles. The Morgan fingerprint density at radius 3 is 2.71 bits per heavy atom. The van der Waals surface area contributed by atoms with E-state index in [-0.39, 0.29) is 16.5 Å². The van der Waals surface area contributed by atoms with E-state index in [1.54, 1.807) is 43.7 Å². The third-order valence-electron chi connectivity index (χ3n) is 3.70. The Morgan fingerprint density at radius 2 is 2.00 bits per heavy atom. The molecule has 5 nitrogen and oxygen atoms in total. The topological polar surface area (TPSA) is 64.0 Å². The molecule has 0 unspecified atom stereocenters. The number of pyridine rings is 2. The Hall–Kier alpha value is -2.37. The lowest BCUT2D eigenvalue weighted by molar-refractivity contribution is -0.114. The van der Waals surface area contributed by atoms with Crippen LogP contribution in [0.1, 0.15) is 6.92 Å². The molecule has 1 amide bonds. The monoisotopic (exact) mass is 361 g/mol. The number of nitrogens with one attached hydrogen (secondary N) is 1. The van der Waals surface area contributed by atoms with Crippen molar-refractivity contribution >= 4 is 45.7 Å². The first-order valence-corrected chi connectivity index (χ1v) is 7.85. The van der Waals surface area contributed by atoms with Crippen LogP contribution < -0.4 is 10.9 Å². The maximum atomic E-state index is 12.8. The van der Waals surface area contributed by atoms with Crippen LogP contribution in [-0.2, 0) is 11.8 Å². The number of carbonyl (C=O) groups is 1. The number of halogens is 2. The summed E-state index contributed by atoms with van der Waals surface area (Å²) in [6.45, 7) is 1.38. The number of anilines is 1. The highest BCUT2D eigenvalue weighted by Crippen LogP contribution is 2.38. The summed E-state index contributed by atoms with van der Waals surface area (Å²) in [6.07, 6.45) is 3.29. The van der Waals surface area contributed by atoms with Gasteiger partial charge >= 0.3 is 0 Å². The van der Waals surface area contributed by atoms with E-state index in [0.717, 1.165) is 10.9 Å². The van der Waals surface area contributed by atoms with Crippen molar-refractivity contribution in [3.8, 4) is 11.1 Å². The van der Waals surface area contributed by atoms with E-state index in [1.165, 1.54) is 11.5 Å². The quantitative estimate of drug-likeness (QED) is 0.753. The van der Waals surface area contributed by atoms with E-state index in [9.17, 15) is 9.59 Å². The van der Waals surface area contributed by atoms with Crippen LogP contribution in [0.4, 0.5) is 5.69 Å². The van der Waals surface area contributed by atoms with Gasteiger partial charge in [-0.25, -0.2) is 0 Å². The summed E-state index contributed by atoms with van der Waals surface area (Å²) in [5, 5.41) is 3.96. The smallest absolute Gasteiger partial charge is 0.258 e. The minimum absolute atomic E-state index is 0.220. The number of benzene rings is 1. The van der Waals surface area contributed by atoms with Gasteiger partial charge < -0.3 is 9.88 Å². The second kappa shape index (κ2) is 6.26. The average Bonchev–Trinajstić information content (AvgIpc) is 2.54. The summed E-state index contributed by atoms with van der Waals surface area (Å²) in [6, 6.07) is 6.66.